The van der Waals surface area contributed by atoms with Gasteiger partial charge in [-0.1, -0.05) is 36.4 Å². The molecule has 13 heteroatoms. The van der Waals surface area contributed by atoms with Crippen molar-refractivity contribution in [2.45, 2.75) is 18.0 Å². The Balaban J connectivity index is 0.000000298. The summed E-state index contributed by atoms with van der Waals surface area (Å²) >= 11 is 0. The largest absolute Gasteiger partial charge is 0.417 e. The Bertz CT molecular complexity index is 1720. The van der Waals surface area contributed by atoms with Gasteiger partial charge in [0.15, 0.2) is 11.6 Å². The van der Waals surface area contributed by atoms with Crippen LogP contribution in [0.4, 0.5) is 29.2 Å². The average Bonchev–Trinajstić information content (AvgIpc) is 2.91. The highest BCUT2D eigenvalue weighted by atomic mass is 32.2. The minimum absolute atomic E-state index is 0.0263. The van der Waals surface area contributed by atoms with Crippen LogP contribution in [0.2, 0.25) is 0 Å². The SMILES string of the molecule is Cc1c(-c2ncnc(Nc3ccc(C(F)(F)F)cn3)c2F)ccc2cccnc12.O=S(=O)(O)c1ccccc1. The highest BCUT2D eigenvalue weighted by Gasteiger charge is 2.30. The number of hydrogen-bond donors (Lipinski definition) is 2. The molecule has 3 aromatic heterocycles. The standard InChI is InChI=1S/C20H13F4N5.C6H6O3S/c1-11-14(6-4-12-3-2-8-25-17(11)12)18-16(21)19(28-10-27-18)29-15-7-5-13(9-26-15)20(22,23)24;7-10(8,9)6-4-2-1-3-5-6/h2-10H,1H3,(H,26,27,28,29);1-5H,(H,7,8,9). The first-order chi connectivity index (χ1) is 18.4. The number of fused-ring (bicyclic) bond motifs is 1. The molecular weight excluding hydrogens is 538 g/mol. The van der Waals surface area contributed by atoms with Gasteiger partial charge in [-0.3, -0.25) is 9.54 Å². The van der Waals surface area contributed by atoms with Crippen LogP contribution in [0.25, 0.3) is 22.2 Å². The molecule has 0 fully saturated rings. The van der Waals surface area contributed by atoms with E-state index >= 15 is 4.39 Å². The lowest BCUT2D eigenvalue weighted by molar-refractivity contribution is -0.137. The maximum absolute atomic E-state index is 15.1. The van der Waals surface area contributed by atoms with E-state index in [4.69, 9.17) is 4.55 Å². The second-order valence-electron chi connectivity index (χ2n) is 8.04. The predicted molar refractivity (Wildman–Crippen MR) is 136 cm³/mol. The van der Waals surface area contributed by atoms with E-state index in [1.165, 1.54) is 18.5 Å². The number of nitrogens with one attached hydrogen (secondary N) is 1. The number of benzene rings is 2. The van der Waals surface area contributed by atoms with E-state index in [9.17, 15) is 21.6 Å². The van der Waals surface area contributed by atoms with Crippen molar-refractivity contribution >= 4 is 32.7 Å². The zero-order valence-corrected chi connectivity index (χ0v) is 20.9. The Morgan fingerprint density at radius 1 is 0.872 bits per heavy atom. The summed E-state index contributed by atoms with van der Waals surface area (Å²) in [6.07, 6.45) is -1.01. The second-order valence-corrected chi connectivity index (χ2v) is 9.46. The highest BCUT2D eigenvalue weighted by Crippen LogP contribution is 2.32. The highest BCUT2D eigenvalue weighted by molar-refractivity contribution is 7.85. The first kappa shape index (κ1) is 27.5. The summed E-state index contributed by atoms with van der Waals surface area (Å²) in [5, 5.41) is 3.51. The lowest BCUT2D eigenvalue weighted by Crippen LogP contribution is -2.07. The lowest BCUT2D eigenvalue weighted by Gasteiger charge is -2.12. The number of pyridine rings is 2. The Kier molecular flexibility index (Phi) is 7.83. The monoisotopic (exact) mass is 557 g/mol. The molecule has 2 aromatic carbocycles. The number of nitrogens with zero attached hydrogens (tertiary/aromatic N) is 4. The van der Waals surface area contributed by atoms with Crippen molar-refractivity contribution in [3.8, 4) is 11.3 Å². The fraction of sp³-hybridized carbons (Fsp3) is 0.0769. The van der Waals surface area contributed by atoms with E-state index in [1.54, 1.807) is 30.5 Å². The summed E-state index contributed by atoms with van der Waals surface area (Å²) in [6.45, 7) is 1.82. The number of halogens is 4. The summed E-state index contributed by atoms with van der Waals surface area (Å²) in [7, 11) is -4.00. The zero-order valence-electron chi connectivity index (χ0n) is 20.1. The molecule has 39 heavy (non-hydrogen) atoms. The van der Waals surface area contributed by atoms with Crippen LogP contribution in [0.1, 0.15) is 11.1 Å². The molecule has 0 aliphatic rings. The molecule has 8 nitrogen and oxygen atoms in total. The minimum atomic E-state index is -4.50. The van der Waals surface area contributed by atoms with Crippen molar-refractivity contribution in [1.29, 1.82) is 0 Å². The van der Waals surface area contributed by atoms with E-state index in [2.05, 4.69) is 25.3 Å². The number of alkyl halides is 3. The van der Waals surface area contributed by atoms with E-state index in [0.717, 1.165) is 28.6 Å². The molecule has 0 radical (unpaired) electrons. The lowest BCUT2D eigenvalue weighted by atomic mass is 10.0. The molecule has 0 atom stereocenters. The van der Waals surface area contributed by atoms with Crippen molar-refractivity contribution in [3.05, 3.63) is 102 Å². The summed E-state index contributed by atoms with van der Waals surface area (Å²) in [6, 6.07) is 16.7. The molecule has 0 bridgehead atoms. The van der Waals surface area contributed by atoms with Crippen LogP contribution in [-0.4, -0.2) is 32.9 Å². The normalized spacial score (nSPS) is 11.5. The molecular formula is C26H19F4N5O3S. The molecule has 3 heterocycles. The van der Waals surface area contributed by atoms with Gasteiger partial charge in [-0.25, -0.2) is 19.3 Å². The number of hydrogen-bond acceptors (Lipinski definition) is 7. The van der Waals surface area contributed by atoms with Gasteiger partial charge in [0, 0.05) is 23.3 Å². The van der Waals surface area contributed by atoms with Gasteiger partial charge in [-0.2, -0.15) is 21.6 Å². The second kappa shape index (κ2) is 11.1. The minimum Gasteiger partial charge on any atom is -0.322 e. The number of anilines is 2. The van der Waals surface area contributed by atoms with Crippen molar-refractivity contribution in [2.75, 3.05) is 5.32 Å². The Morgan fingerprint density at radius 2 is 1.62 bits per heavy atom. The van der Waals surface area contributed by atoms with Gasteiger partial charge >= 0.3 is 6.18 Å². The van der Waals surface area contributed by atoms with Crippen LogP contribution >= 0.6 is 0 Å². The number of aryl methyl sites for hydroxylation is 1. The molecule has 5 aromatic rings. The van der Waals surface area contributed by atoms with Crippen molar-refractivity contribution in [3.63, 3.8) is 0 Å². The Labute approximate surface area is 220 Å². The molecule has 2 N–H and O–H groups in total. The molecule has 0 aliphatic heterocycles. The van der Waals surface area contributed by atoms with Crippen LogP contribution in [0.15, 0.2) is 90.3 Å². The Hall–Kier alpha value is -4.49. The molecule has 0 unspecified atom stereocenters. The van der Waals surface area contributed by atoms with Crippen LogP contribution in [0, 0.1) is 12.7 Å². The summed E-state index contributed by atoms with van der Waals surface area (Å²) < 4.78 is 82.3. The molecule has 200 valence electrons. The molecule has 0 aliphatic carbocycles. The number of aromatic nitrogens is 4. The van der Waals surface area contributed by atoms with Crippen LogP contribution in [0.5, 0.6) is 0 Å². The van der Waals surface area contributed by atoms with Crippen LogP contribution in [0.3, 0.4) is 0 Å². The smallest absolute Gasteiger partial charge is 0.322 e. The predicted octanol–water partition coefficient (Wildman–Crippen LogP) is 6.23. The van der Waals surface area contributed by atoms with Gasteiger partial charge in [0.05, 0.1) is 16.0 Å². The van der Waals surface area contributed by atoms with Crippen molar-refractivity contribution in [2.24, 2.45) is 0 Å². The fourth-order valence-corrected chi connectivity index (χ4v) is 4.04. The van der Waals surface area contributed by atoms with Gasteiger partial charge in [-0.15, -0.1) is 0 Å². The van der Waals surface area contributed by atoms with E-state index in [1.807, 2.05) is 25.1 Å². The van der Waals surface area contributed by atoms with Crippen molar-refractivity contribution < 1.29 is 30.5 Å². The van der Waals surface area contributed by atoms with Gasteiger partial charge in [-0.05, 0) is 42.8 Å². The first-order valence-corrected chi connectivity index (χ1v) is 12.6. The molecule has 0 spiro atoms. The van der Waals surface area contributed by atoms with Crippen LogP contribution in [-0.2, 0) is 16.3 Å². The maximum atomic E-state index is 15.1. The third-order valence-corrected chi connectivity index (χ3v) is 6.32. The third-order valence-electron chi connectivity index (χ3n) is 5.45. The first-order valence-electron chi connectivity index (χ1n) is 11.1. The van der Waals surface area contributed by atoms with Gasteiger partial charge < -0.3 is 5.32 Å². The molecule has 0 saturated heterocycles. The molecule has 0 amide bonds. The summed E-state index contributed by atoms with van der Waals surface area (Å²) in [5.41, 5.74) is 1.17. The molecule has 5 rings (SSSR count). The van der Waals surface area contributed by atoms with E-state index in [-0.39, 0.29) is 22.2 Å². The summed E-state index contributed by atoms with van der Waals surface area (Å²) in [5.74, 6) is -0.909. The van der Waals surface area contributed by atoms with Gasteiger partial charge in [0.2, 0.25) is 0 Å². The topological polar surface area (TPSA) is 118 Å². The quantitative estimate of drug-likeness (QED) is 0.197. The van der Waals surface area contributed by atoms with E-state index in [0.29, 0.717) is 11.8 Å². The average molecular weight is 558 g/mol. The van der Waals surface area contributed by atoms with Crippen LogP contribution < -0.4 is 5.32 Å². The van der Waals surface area contributed by atoms with Gasteiger partial charge in [0.25, 0.3) is 10.1 Å². The number of rotatable bonds is 4. The molecule has 0 saturated carbocycles. The fourth-order valence-electron chi connectivity index (χ4n) is 3.54. The Morgan fingerprint density at radius 3 is 2.23 bits per heavy atom. The summed E-state index contributed by atoms with van der Waals surface area (Å²) in [4.78, 5) is 15.8. The third kappa shape index (κ3) is 6.51. The maximum Gasteiger partial charge on any atom is 0.417 e. The van der Waals surface area contributed by atoms with E-state index < -0.39 is 27.7 Å². The van der Waals surface area contributed by atoms with Crippen molar-refractivity contribution in [1.82, 2.24) is 19.9 Å². The zero-order chi connectivity index (χ0) is 28.2. The van der Waals surface area contributed by atoms with Gasteiger partial charge in [0.1, 0.15) is 17.8 Å².